The van der Waals surface area contributed by atoms with Gasteiger partial charge in [0.15, 0.2) is 11.5 Å². The largest absolute Gasteiger partial charge is 0.493 e. The molecule has 1 aliphatic heterocycles. The fraction of sp³-hybridized carbons (Fsp3) is 0.174. The summed E-state index contributed by atoms with van der Waals surface area (Å²) in [6.45, 7) is 0. The van der Waals surface area contributed by atoms with Gasteiger partial charge < -0.3 is 9.47 Å². The van der Waals surface area contributed by atoms with Crippen molar-refractivity contribution in [2.75, 3.05) is 19.2 Å². The maximum Gasteiger partial charge on any atom is 0.238 e. The number of methoxy groups -OCH3 is 2. The van der Waals surface area contributed by atoms with E-state index in [9.17, 15) is 12.8 Å². The highest BCUT2D eigenvalue weighted by Crippen LogP contribution is 2.40. The van der Waals surface area contributed by atoms with Gasteiger partial charge in [-0.3, -0.25) is 5.01 Å². The van der Waals surface area contributed by atoms with Gasteiger partial charge in [0.2, 0.25) is 10.0 Å². The number of anilines is 1. The van der Waals surface area contributed by atoms with Crippen molar-refractivity contribution < 1.29 is 22.3 Å². The lowest BCUT2D eigenvalue weighted by Crippen LogP contribution is -2.19. The Morgan fingerprint density at radius 1 is 0.969 bits per heavy atom. The maximum atomic E-state index is 13.4. The second kappa shape index (κ2) is 8.60. The topological polar surface area (TPSA) is 94.2 Å². The van der Waals surface area contributed by atoms with Crippen LogP contribution in [0.4, 0.5) is 10.1 Å². The summed E-state index contributed by atoms with van der Waals surface area (Å²) in [5.41, 5.74) is 3.20. The third kappa shape index (κ3) is 4.30. The monoisotopic (exact) mass is 455 g/mol. The van der Waals surface area contributed by atoms with Gasteiger partial charge in [-0.15, -0.1) is 0 Å². The highest BCUT2D eigenvalue weighted by molar-refractivity contribution is 7.89. The first-order valence-electron chi connectivity index (χ1n) is 9.77. The van der Waals surface area contributed by atoms with E-state index in [1.165, 1.54) is 24.3 Å². The van der Waals surface area contributed by atoms with Gasteiger partial charge in [-0.05, 0) is 59.7 Å². The Labute approximate surface area is 185 Å². The van der Waals surface area contributed by atoms with Crippen molar-refractivity contribution in [3.8, 4) is 11.5 Å². The van der Waals surface area contributed by atoms with E-state index in [-0.39, 0.29) is 16.8 Å². The molecule has 1 unspecified atom stereocenters. The SMILES string of the molecule is COc1ccc(C2CC(c3ccc(F)cc3)=NN2c2ccc(S(N)(=O)=O)cc2)cc1OC. The Morgan fingerprint density at radius 3 is 2.22 bits per heavy atom. The van der Waals surface area contributed by atoms with Crippen LogP contribution in [0.5, 0.6) is 11.5 Å². The predicted molar refractivity (Wildman–Crippen MR) is 120 cm³/mol. The van der Waals surface area contributed by atoms with Gasteiger partial charge in [-0.25, -0.2) is 17.9 Å². The van der Waals surface area contributed by atoms with Gasteiger partial charge in [-0.2, -0.15) is 5.10 Å². The Hall–Kier alpha value is -3.43. The number of hydrazone groups is 1. The molecule has 7 nitrogen and oxygen atoms in total. The molecule has 9 heteroatoms. The molecule has 4 rings (SSSR count). The molecule has 0 aromatic heterocycles. The van der Waals surface area contributed by atoms with E-state index in [1.807, 2.05) is 23.2 Å². The average Bonchev–Trinajstić information content (AvgIpc) is 3.24. The van der Waals surface area contributed by atoms with Crippen molar-refractivity contribution in [1.29, 1.82) is 0 Å². The Bertz CT molecular complexity index is 1260. The molecule has 0 amide bonds. The highest BCUT2D eigenvalue weighted by atomic mass is 32.2. The second-order valence-corrected chi connectivity index (χ2v) is 8.83. The van der Waals surface area contributed by atoms with Crippen molar-refractivity contribution in [1.82, 2.24) is 0 Å². The molecule has 1 aliphatic rings. The lowest BCUT2D eigenvalue weighted by Gasteiger charge is -2.24. The van der Waals surface area contributed by atoms with Crippen molar-refractivity contribution in [2.24, 2.45) is 10.2 Å². The molecule has 1 heterocycles. The zero-order valence-electron chi connectivity index (χ0n) is 17.5. The summed E-state index contributed by atoms with van der Waals surface area (Å²) in [5, 5.41) is 11.8. The van der Waals surface area contributed by atoms with Crippen LogP contribution in [0.25, 0.3) is 0 Å². The predicted octanol–water partition coefficient (Wildman–Crippen LogP) is 3.85. The molecule has 1 atom stereocenters. The number of benzene rings is 3. The van der Waals surface area contributed by atoms with E-state index in [0.29, 0.717) is 23.6 Å². The third-order valence-corrected chi connectivity index (χ3v) is 6.24. The zero-order chi connectivity index (χ0) is 22.9. The van der Waals surface area contributed by atoms with Crippen molar-refractivity contribution in [3.05, 3.63) is 83.7 Å². The summed E-state index contributed by atoms with van der Waals surface area (Å²) in [4.78, 5) is 0.0193. The standard InChI is InChI=1S/C23H22FN3O4S/c1-30-22-12-5-16(13-23(22)31-2)21-14-20(15-3-6-17(24)7-4-15)26-27(21)18-8-10-19(11-9-18)32(25,28)29/h3-13,21H,14H2,1-2H3,(H2,25,28,29). The van der Waals surface area contributed by atoms with E-state index in [4.69, 9.17) is 19.7 Å². The molecule has 3 aromatic rings. The molecule has 0 fully saturated rings. The van der Waals surface area contributed by atoms with Crippen LogP contribution in [-0.2, 0) is 10.0 Å². The van der Waals surface area contributed by atoms with E-state index in [0.717, 1.165) is 16.8 Å². The number of ether oxygens (including phenoxy) is 2. The van der Waals surface area contributed by atoms with Gasteiger partial charge in [0.25, 0.3) is 0 Å². The number of rotatable bonds is 6. The molecule has 0 radical (unpaired) electrons. The summed E-state index contributed by atoms with van der Waals surface area (Å²) < 4.78 is 47.5. The Kier molecular flexibility index (Phi) is 5.86. The zero-order valence-corrected chi connectivity index (χ0v) is 18.3. The number of nitrogens with zero attached hydrogens (tertiary/aromatic N) is 2. The van der Waals surface area contributed by atoms with Crippen LogP contribution in [0.15, 0.2) is 76.7 Å². The van der Waals surface area contributed by atoms with Gasteiger partial charge in [-0.1, -0.05) is 18.2 Å². The van der Waals surface area contributed by atoms with Crippen LogP contribution in [0.2, 0.25) is 0 Å². The van der Waals surface area contributed by atoms with Crippen molar-refractivity contribution >= 4 is 21.4 Å². The maximum absolute atomic E-state index is 13.4. The number of sulfonamides is 1. The average molecular weight is 456 g/mol. The molecule has 3 aromatic carbocycles. The third-order valence-electron chi connectivity index (χ3n) is 5.31. The van der Waals surface area contributed by atoms with Gasteiger partial charge in [0, 0.05) is 6.42 Å². The number of hydrogen-bond acceptors (Lipinski definition) is 6. The molecule has 0 saturated heterocycles. The minimum atomic E-state index is -3.80. The number of halogens is 1. The lowest BCUT2D eigenvalue weighted by molar-refractivity contribution is 0.354. The summed E-state index contributed by atoms with van der Waals surface area (Å²) in [5.74, 6) is 0.877. The molecule has 2 N–H and O–H groups in total. The molecule has 0 spiro atoms. The molecule has 32 heavy (non-hydrogen) atoms. The molecular formula is C23H22FN3O4S. The van der Waals surface area contributed by atoms with Gasteiger partial charge in [0.05, 0.1) is 36.6 Å². The van der Waals surface area contributed by atoms with Crippen molar-refractivity contribution in [2.45, 2.75) is 17.4 Å². The molecule has 166 valence electrons. The first-order valence-corrected chi connectivity index (χ1v) is 11.3. The Morgan fingerprint density at radius 2 is 1.62 bits per heavy atom. The van der Waals surface area contributed by atoms with E-state index < -0.39 is 10.0 Å². The summed E-state index contributed by atoms with van der Waals surface area (Å²) in [7, 11) is -0.662. The fourth-order valence-corrected chi connectivity index (χ4v) is 4.19. The first-order chi connectivity index (χ1) is 15.3. The molecular weight excluding hydrogens is 433 g/mol. The van der Waals surface area contributed by atoms with Gasteiger partial charge >= 0.3 is 0 Å². The van der Waals surface area contributed by atoms with Crippen molar-refractivity contribution in [3.63, 3.8) is 0 Å². The second-order valence-electron chi connectivity index (χ2n) is 7.27. The lowest BCUT2D eigenvalue weighted by atomic mass is 9.97. The summed E-state index contributed by atoms with van der Waals surface area (Å²) >= 11 is 0. The first kappa shape index (κ1) is 21.8. The highest BCUT2D eigenvalue weighted by Gasteiger charge is 2.31. The summed E-state index contributed by atoms with van der Waals surface area (Å²) in [6.07, 6.45) is 0.554. The molecule has 0 saturated carbocycles. The van der Waals surface area contributed by atoms with Crippen LogP contribution in [-0.4, -0.2) is 28.3 Å². The van der Waals surface area contributed by atoms with Crippen LogP contribution < -0.4 is 19.6 Å². The normalized spacial score (nSPS) is 16.1. The minimum absolute atomic E-state index is 0.0193. The Balaban J connectivity index is 1.76. The van der Waals surface area contributed by atoms with E-state index in [2.05, 4.69) is 0 Å². The van der Waals surface area contributed by atoms with E-state index >= 15 is 0 Å². The van der Waals surface area contributed by atoms with E-state index in [1.54, 1.807) is 38.5 Å². The number of nitrogens with two attached hydrogens (primary N) is 1. The van der Waals surface area contributed by atoms with Gasteiger partial charge in [0.1, 0.15) is 5.82 Å². The summed E-state index contributed by atoms with van der Waals surface area (Å²) in [6, 6.07) is 17.8. The molecule has 0 bridgehead atoms. The van der Waals surface area contributed by atoms with Crippen LogP contribution in [0.1, 0.15) is 23.6 Å². The minimum Gasteiger partial charge on any atom is -0.493 e. The van der Waals surface area contributed by atoms with Crippen LogP contribution in [0, 0.1) is 5.82 Å². The fourth-order valence-electron chi connectivity index (χ4n) is 3.67. The molecule has 0 aliphatic carbocycles. The number of hydrogen-bond donors (Lipinski definition) is 1. The van der Waals surface area contributed by atoms with Crippen LogP contribution in [0.3, 0.4) is 0 Å². The quantitative estimate of drug-likeness (QED) is 0.609. The smallest absolute Gasteiger partial charge is 0.238 e. The number of primary sulfonamides is 1. The van der Waals surface area contributed by atoms with Crippen LogP contribution >= 0.6 is 0 Å².